The van der Waals surface area contributed by atoms with Gasteiger partial charge in [0.1, 0.15) is 0 Å². The van der Waals surface area contributed by atoms with Crippen LogP contribution in [0.25, 0.3) is 0 Å². The molecule has 14 heavy (non-hydrogen) atoms. The maximum atomic E-state index is 12.0. The minimum atomic E-state index is -0.125. The predicted molar refractivity (Wildman–Crippen MR) is 51.0 cm³/mol. The zero-order chi connectivity index (χ0) is 9.97. The largest absolute Gasteiger partial charge is 0.378 e. The first-order valence-corrected chi connectivity index (χ1v) is 5.59. The molecule has 3 heteroatoms. The highest BCUT2D eigenvalue weighted by Crippen LogP contribution is 2.56. The molecule has 2 saturated carbocycles. The monoisotopic (exact) mass is 196 g/mol. The lowest BCUT2D eigenvalue weighted by atomic mass is 9.57. The molecule has 3 nitrogen and oxygen atoms in total. The Labute approximate surface area is 85.0 Å². The van der Waals surface area contributed by atoms with Gasteiger partial charge in [0.05, 0.1) is 5.60 Å². The first-order chi connectivity index (χ1) is 6.57. The highest BCUT2D eigenvalue weighted by atomic mass is 16.5. The van der Waals surface area contributed by atoms with E-state index in [1.807, 2.05) is 7.11 Å². The second kappa shape index (κ2) is 2.52. The van der Waals surface area contributed by atoms with Gasteiger partial charge in [-0.2, -0.15) is 0 Å². The van der Waals surface area contributed by atoms with Crippen molar-refractivity contribution in [2.75, 3.05) is 7.11 Å². The van der Waals surface area contributed by atoms with Crippen molar-refractivity contribution in [3.05, 3.63) is 0 Å². The van der Waals surface area contributed by atoms with Gasteiger partial charge in [-0.3, -0.25) is 0 Å². The Morgan fingerprint density at radius 3 is 2.79 bits per heavy atom. The predicted octanol–water partition coefficient (Wildman–Crippen LogP) is 1.75. The van der Waals surface area contributed by atoms with E-state index in [4.69, 9.17) is 4.74 Å². The van der Waals surface area contributed by atoms with Gasteiger partial charge < -0.3 is 4.74 Å². The molecule has 4 atom stereocenters. The second-order valence-electron chi connectivity index (χ2n) is 5.75. The topological polar surface area (TPSA) is 32.4 Å². The van der Waals surface area contributed by atoms with Crippen molar-refractivity contribution < 1.29 is 9.94 Å². The summed E-state index contributed by atoms with van der Waals surface area (Å²) in [4.78, 5) is 0. The summed E-state index contributed by atoms with van der Waals surface area (Å²) in [6, 6.07) is 0.237. The van der Waals surface area contributed by atoms with E-state index in [0.717, 1.165) is 31.6 Å². The van der Waals surface area contributed by atoms with Gasteiger partial charge in [0.2, 0.25) is 0 Å². The minimum Gasteiger partial charge on any atom is -0.378 e. The second-order valence-corrected chi connectivity index (χ2v) is 5.75. The number of rotatable bonds is 1. The first kappa shape index (κ1) is 9.13. The van der Waals surface area contributed by atoms with Crippen LogP contribution in [0.5, 0.6) is 0 Å². The number of hydroxylamine groups is 2. The zero-order valence-electron chi connectivity index (χ0n) is 8.95. The third-order valence-corrected chi connectivity index (χ3v) is 4.60. The minimum absolute atomic E-state index is 0.0431. The summed E-state index contributed by atoms with van der Waals surface area (Å²) in [6.45, 7) is 2.12. The summed E-state index contributed by atoms with van der Waals surface area (Å²) < 4.78 is 5.70. The van der Waals surface area contributed by atoms with E-state index in [2.05, 4.69) is 6.92 Å². The molecule has 0 spiro atoms. The maximum absolute atomic E-state index is 12.0. The molecule has 0 aromatic heterocycles. The van der Waals surface area contributed by atoms with E-state index in [1.165, 1.54) is 11.5 Å². The van der Waals surface area contributed by atoms with E-state index < -0.39 is 0 Å². The highest BCUT2D eigenvalue weighted by Gasteiger charge is 2.60. The van der Waals surface area contributed by atoms with Crippen LogP contribution in [0.4, 0.5) is 0 Å². The molecule has 0 N–H and O–H groups in total. The van der Waals surface area contributed by atoms with Crippen molar-refractivity contribution in [1.29, 1.82) is 0 Å². The average molecular weight is 196 g/mol. The Kier molecular flexibility index (Phi) is 1.64. The number of hydrogen-bond donors (Lipinski definition) is 0. The molecule has 2 aliphatic heterocycles. The number of ether oxygens (including phenoxy) is 1. The molecule has 0 aromatic rings. The molecular formula is C11H18NO2. The van der Waals surface area contributed by atoms with Crippen LogP contribution in [0, 0.1) is 5.92 Å². The molecule has 0 amide bonds. The lowest BCUT2D eigenvalue weighted by Gasteiger charge is -2.62. The molecule has 4 aliphatic rings. The van der Waals surface area contributed by atoms with Crippen LogP contribution in [-0.4, -0.2) is 29.4 Å². The molecule has 1 radical (unpaired) electrons. The van der Waals surface area contributed by atoms with Gasteiger partial charge in [0.25, 0.3) is 0 Å². The maximum Gasteiger partial charge on any atom is 0.0715 e. The molecule has 4 fully saturated rings. The van der Waals surface area contributed by atoms with Crippen molar-refractivity contribution in [1.82, 2.24) is 5.06 Å². The van der Waals surface area contributed by atoms with Gasteiger partial charge >= 0.3 is 0 Å². The van der Waals surface area contributed by atoms with Crippen molar-refractivity contribution in [3.63, 3.8) is 0 Å². The summed E-state index contributed by atoms with van der Waals surface area (Å²) in [5.74, 6) is 0.734. The number of nitrogens with zero attached hydrogens (tertiary/aromatic N) is 1. The molecule has 4 rings (SSSR count). The fourth-order valence-corrected chi connectivity index (χ4v) is 4.30. The van der Waals surface area contributed by atoms with Crippen LogP contribution in [-0.2, 0) is 9.94 Å². The van der Waals surface area contributed by atoms with Crippen molar-refractivity contribution in [3.8, 4) is 0 Å². The number of methoxy groups -OCH3 is 1. The Balaban J connectivity index is 1.98. The highest BCUT2D eigenvalue weighted by molar-refractivity contribution is 5.12. The third-order valence-electron chi connectivity index (χ3n) is 4.60. The summed E-state index contributed by atoms with van der Waals surface area (Å²) in [5.41, 5.74) is -0.0818. The Morgan fingerprint density at radius 2 is 2.14 bits per heavy atom. The lowest BCUT2D eigenvalue weighted by molar-refractivity contribution is -0.334. The van der Waals surface area contributed by atoms with Crippen molar-refractivity contribution in [2.45, 2.75) is 56.2 Å². The fraction of sp³-hybridized carbons (Fsp3) is 1.00. The molecular weight excluding hydrogens is 178 g/mol. The van der Waals surface area contributed by atoms with Crippen LogP contribution < -0.4 is 0 Å². The molecule has 2 saturated heterocycles. The van der Waals surface area contributed by atoms with Crippen LogP contribution in [0.2, 0.25) is 0 Å². The Bertz CT molecular complexity index is 264. The van der Waals surface area contributed by atoms with Crippen molar-refractivity contribution in [2.24, 2.45) is 5.92 Å². The SMILES string of the molecule is CO[C@]12C[C@@H]3C[C@H](C1)N([O])[C@@](C)(C3)C2. The molecule has 0 unspecified atom stereocenters. The van der Waals surface area contributed by atoms with E-state index in [1.54, 1.807) is 0 Å². The van der Waals surface area contributed by atoms with Gasteiger partial charge in [0, 0.05) is 18.7 Å². The van der Waals surface area contributed by atoms with Crippen LogP contribution in [0.3, 0.4) is 0 Å². The molecule has 79 valence electrons. The molecule has 0 aromatic carbocycles. The normalized spacial score (nSPS) is 56.8. The van der Waals surface area contributed by atoms with E-state index in [9.17, 15) is 5.21 Å². The number of piperidine rings is 2. The Morgan fingerprint density at radius 1 is 1.36 bits per heavy atom. The van der Waals surface area contributed by atoms with Gasteiger partial charge in [-0.05, 0) is 44.9 Å². The smallest absolute Gasteiger partial charge is 0.0715 e. The average Bonchev–Trinajstić information content (AvgIpc) is 2.12. The fourth-order valence-electron chi connectivity index (χ4n) is 4.30. The van der Waals surface area contributed by atoms with E-state index in [-0.39, 0.29) is 17.2 Å². The van der Waals surface area contributed by atoms with Crippen LogP contribution in [0.1, 0.15) is 39.0 Å². The van der Waals surface area contributed by atoms with E-state index >= 15 is 0 Å². The summed E-state index contributed by atoms with van der Waals surface area (Å²) in [5, 5.41) is 13.4. The third kappa shape index (κ3) is 0.980. The van der Waals surface area contributed by atoms with Crippen LogP contribution in [0.15, 0.2) is 0 Å². The van der Waals surface area contributed by atoms with E-state index in [0.29, 0.717) is 0 Å². The van der Waals surface area contributed by atoms with Gasteiger partial charge in [-0.25, -0.2) is 0 Å². The summed E-state index contributed by atoms with van der Waals surface area (Å²) in [7, 11) is 1.81. The molecule has 2 heterocycles. The van der Waals surface area contributed by atoms with Crippen LogP contribution >= 0.6 is 0 Å². The molecule has 4 bridgehead atoms. The van der Waals surface area contributed by atoms with Gasteiger partial charge in [0.15, 0.2) is 0 Å². The molecule has 2 aliphatic carbocycles. The van der Waals surface area contributed by atoms with Gasteiger partial charge in [-0.1, -0.05) is 0 Å². The number of hydrogen-bond acceptors (Lipinski definition) is 2. The summed E-state index contributed by atoms with van der Waals surface area (Å²) >= 11 is 0. The zero-order valence-corrected chi connectivity index (χ0v) is 8.95. The van der Waals surface area contributed by atoms with Gasteiger partial charge in [-0.15, -0.1) is 10.3 Å². The summed E-state index contributed by atoms with van der Waals surface area (Å²) in [6.07, 6.45) is 5.26. The van der Waals surface area contributed by atoms with Crippen molar-refractivity contribution >= 4 is 0 Å². The quantitative estimate of drug-likeness (QED) is 0.640. The standard InChI is InChI=1S/C11H18NO2/c1-10-4-8-3-9(12(10)13)6-11(5-8,7-10)14-2/h8-9H,3-7H2,1-2H3/t8-,9-,10+,11-/m1/s1. The Hall–Kier alpha value is -0.120. The lowest BCUT2D eigenvalue weighted by Crippen LogP contribution is -2.68. The first-order valence-electron chi connectivity index (χ1n) is 5.59.